The molecule has 0 aliphatic heterocycles. The predicted molar refractivity (Wildman–Crippen MR) is 102 cm³/mol. The maximum atomic E-state index is 12.0. The van der Waals surface area contributed by atoms with Crippen molar-refractivity contribution >= 4 is 23.6 Å². The van der Waals surface area contributed by atoms with Gasteiger partial charge in [-0.1, -0.05) is 30.3 Å². The molecule has 0 aliphatic carbocycles. The average Bonchev–Trinajstić information content (AvgIpc) is 3.14. The fraction of sp³-hybridized carbons (Fsp3) is 0.167. The van der Waals surface area contributed by atoms with Gasteiger partial charge in [0, 0.05) is 28.3 Å². The zero-order valence-corrected chi connectivity index (χ0v) is 15.2. The number of primary amides is 1. The van der Waals surface area contributed by atoms with E-state index < -0.39 is 5.91 Å². The number of nitrogens with one attached hydrogen (secondary N) is 1. The molecule has 2 aromatic carbocycles. The second kappa shape index (κ2) is 8.95. The largest absolute Gasteiger partial charge is 0.366 e. The summed E-state index contributed by atoms with van der Waals surface area (Å²) in [5, 5.41) is 14.8. The monoisotopic (exact) mass is 382 g/mol. The third-order valence-electron chi connectivity index (χ3n) is 3.60. The minimum atomic E-state index is -0.500. The Balaban J connectivity index is 1.47. The summed E-state index contributed by atoms with van der Waals surface area (Å²) in [5.74, 6) is 0.466. The third kappa shape index (κ3) is 5.38. The van der Waals surface area contributed by atoms with E-state index in [1.165, 1.54) is 4.80 Å². The van der Waals surface area contributed by atoms with Gasteiger partial charge in [0.05, 0.1) is 0 Å². The first-order valence-corrected chi connectivity index (χ1v) is 9.23. The van der Waals surface area contributed by atoms with Crippen LogP contribution in [0.15, 0.2) is 59.5 Å². The molecule has 0 saturated carbocycles. The van der Waals surface area contributed by atoms with Crippen LogP contribution < -0.4 is 11.1 Å². The summed E-state index contributed by atoms with van der Waals surface area (Å²) in [7, 11) is 0. The highest BCUT2D eigenvalue weighted by Gasteiger charge is 2.10. The molecule has 0 spiro atoms. The first-order chi connectivity index (χ1) is 13.1. The summed E-state index contributed by atoms with van der Waals surface area (Å²) in [6, 6.07) is 16.5. The first-order valence-electron chi connectivity index (χ1n) is 8.24. The molecule has 138 valence electrons. The van der Waals surface area contributed by atoms with Crippen LogP contribution in [0.1, 0.15) is 10.4 Å². The van der Waals surface area contributed by atoms with Gasteiger partial charge in [-0.2, -0.15) is 4.80 Å². The Morgan fingerprint density at radius 2 is 1.81 bits per heavy atom. The smallest absolute Gasteiger partial charge is 0.248 e. The number of nitrogens with two attached hydrogens (primary N) is 1. The van der Waals surface area contributed by atoms with E-state index in [1.807, 2.05) is 30.3 Å². The van der Waals surface area contributed by atoms with Crippen LogP contribution in [0.5, 0.6) is 0 Å². The van der Waals surface area contributed by atoms with Crippen molar-refractivity contribution < 1.29 is 9.59 Å². The van der Waals surface area contributed by atoms with Gasteiger partial charge in [0.2, 0.25) is 17.6 Å². The number of rotatable bonds is 8. The quantitative estimate of drug-likeness (QED) is 0.449. The Morgan fingerprint density at radius 1 is 1.07 bits per heavy atom. The zero-order chi connectivity index (χ0) is 19.1. The van der Waals surface area contributed by atoms with E-state index in [0.29, 0.717) is 23.5 Å². The Kier molecular flexibility index (Phi) is 6.16. The van der Waals surface area contributed by atoms with E-state index >= 15 is 0 Å². The van der Waals surface area contributed by atoms with E-state index in [9.17, 15) is 9.59 Å². The summed E-state index contributed by atoms with van der Waals surface area (Å²) in [5.41, 5.74) is 6.30. The van der Waals surface area contributed by atoms with Crippen LogP contribution in [0, 0.1) is 0 Å². The number of carbonyl (C=O) groups excluding carboxylic acids is 2. The van der Waals surface area contributed by atoms with Gasteiger partial charge in [0.25, 0.3) is 0 Å². The van der Waals surface area contributed by atoms with Crippen molar-refractivity contribution in [1.82, 2.24) is 25.5 Å². The standard InChI is InChI=1S/C18H18N6O2S/c19-17(26)13-6-8-14(9-7-13)18-21-23-24(22-18)12-16(25)20-10-11-27-15-4-2-1-3-5-15/h1-9H,10-12H2,(H2,19,26)(H,20,25). The lowest BCUT2D eigenvalue weighted by Crippen LogP contribution is -2.30. The maximum absolute atomic E-state index is 12.0. The van der Waals surface area contributed by atoms with Crippen LogP contribution >= 0.6 is 11.8 Å². The lowest BCUT2D eigenvalue weighted by Gasteiger charge is -2.04. The van der Waals surface area contributed by atoms with Crippen LogP contribution in [-0.2, 0) is 11.3 Å². The number of nitrogens with zero attached hydrogens (tertiary/aromatic N) is 4. The Hall–Kier alpha value is -3.20. The summed E-state index contributed by atoms with van der Waals surface area (Å²) in [6.45, 7) is 0.539. The van der Waals surface area contributed by atoms with E-state index in [0.717, 1.165) is 10.6 Å². The molecule has 27 heavy (non-hydrogen) atoms. The molecule has 0 atom stereocenters. The lowest BCUT2D eigenvalue weighted by atomic mass is 10.1. The Labute approximate surface area is 160 Å². The molecule has 3 aromatic rings. The average molecular weight is 382 g/mol. The van der Waals surface area contributed by atoms with Crippen LogP contribution in [0.2, 0.25) is 0 Å². The van der Waals surface area contributed by atoms with Crippen LogP contribution in [0.4, 0.5) is 0 Å². The van der Waals surface area contributed by atoms with Gasteiger partial charge in [-0.25, -0.2) is 0 Å². The highest BCUT2D eigenvalue weighted by Crippen LogP contribution is 2.16. The number of tetrazole rings is 1. The molecule has 0 unspecified atom stereocenters. The number of benzene rings is 2. The van der Waals surface area contributed by atoms with Gasteiger partial charge < -0.3 is 11.1 Å². The molecule has 3 rings (SSSR count). The molecule has 0 aliphatic rings. The molecular formula is C18H18N6O2S. The van der Waals surface area contributed by atoms with Crippen molar-refractivity contribution in [2.75, 3.05) is 12.3 Å². The van der Waals surface area contributed by atoms with Crippen molar-refractivity contribution in [2.24, 2.45) is 5.73 Å². The second-order valence-corrected chi connectivity index (χ2v) is 6.76. The molecule has 0 radical (unpaired) electrons. The van der Waals surface area contributed by atoms with Gasteiger partial charge in [-0.3, -0.25) is 9.59 Å². The van der Waals surface area contributed by atoms with Gasteiger partial charge in [0.1, 0.15) is 6.54 Å². The fourth-order valence-corrected chi connectivity index (χ4v) is 3.06. The molecule has 0 saturated heterocycles. The second-order valence-electron chi connectivity index (χ2n) is 5.60. The van der Waals surface area contributed by atoms with E-state index in [2.05, 4.69) is 20.7 Å². The molecule has 1 heterocycles. The van der Waals surface area contributed by atoms with Gasteiger partial charge in [-0.15, -0.1) is 22.0 Å². The molecule has 2 amide bonds. The highest BCUT2D eigenvalue weighted by atomic mass is 32.2. The summed E-state index contributed by atoms with van der Waals surface area (Å²) >= 11 is 1.68. The molecule has 1 aromatic heterocycles. The number of carbonyl (C=O) groups is 2. The molecular weight excluding hydrogens is 364 g/mol. The molecule has 3 N–H and O–H groups in total. The minimum absolute atomic E-state index is 0.0115. The van der Waals surface area contributed by atoms with E-state index in [4.69, 9.17) is 5.73 Å². The molecule has 8 nitrogen and oxygen atoms in total. The Morgan fingerprint density at radius 3 is 2.52 bits per heavy atom. The van der Waals surface area contributed by atoms with Crippen LogP contribution in [0.3, 0.4) is 0 Å². The summed E-state index contributed by atoms with van der Waals surface area (Å²) in [6.07, 6.45) is 0. The number of hydrogen-bond acceptors (Lipinski definition) is 6. The predicted octanol–water partition coefficient (Wildman–Crippen LogP) is 1.35. The number of thioether (sulfide) groups is 1. The number of hydrogen-bond donors (Lipinski definition) is 2. The van der Waals surface area contributed by atoms with E-state index in [1.54, 1.807) is 36.0 Å². The number of amides is 2. The van der Waals surface area contributed by atoms with Crippen molar-refractivity contribution in [2.45, 2.75) is 11.4 Å². The normalized spacial score (nSPS) is 10.5. The van der Waals surface area contributed by atoms with Gasteiger partial charge in [-0.05, 0) is 29.5 Å². The Bertz CT molecular complexity index is 911. The third-order valence-corrected chi connectivity index (χ3v) is 4.62. The van der Waals surface area contributed by atoms with Gasteiger partial charge >= 0.3 is 0 Å². The SMILES string of the molecule is NC(=O)c1ccc(-c2nnn(CC(=O)NCCSc3ccccc3)n2)cc1. The molecule has 0 fully saturated rings. The maximum Gasteiger partial charge on any atom is 0.248 e. The topological polar surface area (TPSA) is 116 Å². The summed E-state index contributed by atoms with van der Waals surface area (Å²) in [4.78, 5) is 25.5. The molecule has 9 heteroatoms. The molecule has 0 bridgehead atoms. The van der Waals surface area contributed by atoms with Crippen LogP contribution in [0.25, 0.3) is 11.4 Å². The fourth-order valence-electron chi connectivity index (χ4n) is 2.27. The minimum Gasteiger partial charge on any atom is -0.366 e. The van der Waals surface area contributed by atoms with Crippen molar-refractivity contribution in [1.29, 1.82) is 0 Å². The lowest BCUT2D eigenvalue weighted by molar-refractivity contribution is -0.121. The first kappa shape index (κ1) is 18.6. The summed E-state index contributed by atoms with van der Waals surface area (Å²) < 4.78 is 0. The van der Waals surface area contributed by atoms with Crippen molar-refractivity contribution in [3.8, 4) is 11.4 Å². The van der Waals surface area contributed by atoms with E-state index in [-0.39, 0.29) is 12.5 Å². The van der Waals surface area contributed by atoms with Gasteiger partial charge in [0.15, 0.2) is 0 Å². The highest BCUT2D eigenvalue weighted by molar-refractivity contribution is 7.99. The van der Waals surface area contributed by atoms with Crippen molar-refractivity contribution in [3.63, 3.8) is 0 Å². The van der Waals surface area contributed by atoms with Crippen molar-refractivity contribution in [3.05, 3.63) is 60.2 Å². The van der Waals surface area contributed by atoms with Crippen LogP contribution in [-0.4, -0.2) is 44.3 Å². The number of aromatic nitrogens is 4. The zero-order valence-electron chi connectivity index (χ0n) is 14.4.